The fourth-order valence-electron chi connectivity index (χ4n) is 2.95. The summed E-state index contributed by atoms with van der Waals surface area (Å²) < 4.78 is 0. The first-order valence-corrected chi connectivity index (χ1v) is 8.81. The number of carbonyl (C=O) groups excluding carboxylic acids is 1. The van der Waals surface area contributed by atoms with Crippen LogP contribution >= 0.6 is 0 Å². The van der Waals surface area contributed by atoms with E-state index in [-0.39, 0.29) is 17.5 Å². The van der Waals surface area contributed by atoms with Gasteiger partial charge in [0.15, 0.2) is 17.3 Å². The number of benzene rings is 2. The van der Waals surface area contributed by atoms with Crippen LogP contribution in [-0.4, -0.2) is 27.1 Å². The predicted molar refractivity (Wildman–Crippen MR) is 98.9 cm³/mol. The number of aliphatic carboxylic acids is 1. The molecule has 5 heteroatoms. The Morgan fingerprint density at radius 1 is 0.962 bits per heavy atom. The Morgan fingerprint density at radius 2 is 1.62 bits per heavy atom. The quantitative estimate of drug-likeness (QED) is 0.485. The molecular formula is C21H24O5. The Morgan fingerprint density at radius 3 is 2.15 bits per heavy atom. The van der Waals surface area contributed by atoms with Crippen molar-refractivity contribution in [1.82, 2.24) is 0 Å². The van der Waals surface area contributed by atoms with Gasteiger partial charge >= 0.3 is 5.97 Å². The summed E-state index contributed by atoms with van der Waals surface area (Å²) >= 11 is 0. The number of hydrogen-bond donors (Lipinski definition) is 3. The monoisotopic (exact) mass is 356 g/mol. The van der Waals surface area contributed by atoms with E-state index in [0.717, 1.165) is 24.8 Å². The van der Waals surface area contributed by atoms with Crippen LogP contribution in [0.15, 0.2) is 36.4 Å². The van der Waals surface area contributed by atoms with Crippen LogP contribution in [-0.2, 0) is 11.2 Å². The molecule has 0 aliphatic carbocycles. The van der Waals surface area contributed by atoms with Crippen molar-refractivity contribution in [1.29, 1.82) is 0 Å². The molecule has 5 nitrogen and oxygen atoms in total. The number of rotatable bonds is 8. The van der Waals surface area contributed by atoms with Gasteiger partial charge < -0.3 is 15.3 Å². The fraction of sp³-hybridized carbons (Fsp3) is 0.333. The van der Waals surface area contributed by atoms with Gasteiger partial charge in [0.05, 0.1) is 11.5 Å². The van der Waals surface area contributed by atoms with Crippen molar-refractivity contribution in [3.05, 3.63) is 58.7 Å². The van der Waals surface area contributed by atoms with Crippen molar-refractivity contribution in [2.75, 3.05) is 0 Å². The Bertz CT molecular complexity index is 793. The molecule has 0 bridgehead atoms. The van der Waals surface area contributed by atoms with Crippen LogP contribution in [0.25, 0.3) is 0 Å². The number of ketones is 1. The Balaban J connectivity index is 2.32. The zero-order valence-corrected chi connectivity index (χ0v) is 15.0. The average molecular weight is 356 g/mol. The lowest BCUT2D eigenvalue weighted by atomic mass is 9.92. The minimum Gasteiger partial charge on any atom is -0.504 e. The van der Waals surface area contributed by atoms with Gasteiger partial charge in [-0.3, -0.25) is 9.59 Å². The second-order valence-corrected chi connectivity index (χ2v) is 6.33. The standard InChI is InChI=1S/C21H24O5/c1-3-5-6-13-7-9-14(10-8-13)18(22)17-12-11-16(19(23)20(17)24)15(4-2)21(25)26/h7-12,15,23-24H,3-6H2,1-2H3,(H,25,26). The molecule has 0 heterocycles. The summed E-state index contributed by atoms with van der Waals surface area (Å²) in [7, 11) is 0. The lowest BCUT2D eigenvalue weighted by Gasteiger charge is -2.15. The van der Waals surface area contributed by atoms with E-state index in [1.807, 2.05) is 12.1 Å². The van der Waals surface area contributed by atoms with Crippen molar-refractivity contribution < 1.29 is 24.9 Å². The van der Waals surface area contributed by atoms with E-state index in [1.54, 1.807) is 19.1 Å². The third-order valence-corrected chi connectivity index (χ3v) is 4.54. The second-order valence-electron chi connectivity index (χ2n) is 6.33. The van der Waals surface area contributed by atoms with Gasteiger partial charge in [0, 0.05) is 11.1 Å². The molecule has 2 aromatic carbocycles. The van der Waals surface area contributed by atoms with Gasteiger partial charge in [-0.15, -0.1) is 0 Å². The normalized spacial score (nSPS) is 11.9. The molecule has 0 aliphatic rings. The summed E-state index contributed by atoms with van der Waals surface area (Å²) in [4.78, 5) is 23.9. The van der Waals surface area contributed by atoms with E-state index >= 15 is 0 Å². The third-order valence-electron chi connectivity index (χ3n) is 4.54. The number of aromatic hydroxyl groups is 2. The minimum atomic E-state index is -1.09. The summed E-state index contributed by atoms with van der Waals surface area (Å²) in [6, 6.07) is 9.91. The van der Waals surface area contributed by atoms with E-state index in [9.17, 15) is 24.9 Å². The van der Waals surface area contributed by atoms with E-state index in [0.29, 0.717) is 5.56 Å². The predicted octanol–water partition coefficient (Wildman–Crippen LogP) is 4.25. The maximum atomic E-state index is 12.6. The van der Waals surface area contributed by atoms with Gasteiger partial charge in [-0.25, -0.2) is 0 Å². The highest BCUT2D eigenvalue weighted by atomic mass is 16.4. The zero-order chi connectivity index (χ0) is 19.3. The summed E-state index contributed by atoms with van der Waals surface area (Å²) in [5, 5.41) is 29.7. The van der Waals surface area contributed by atoms with E-state index < -0.39 is 29.2 Å². The first kappa shape index (κ1) is 19.5. The maximum absolute atomic E-state index is 12.6. The molecule has 0 aromatic heterocycles. The molecular weight excluding hydrogens is 332 g/mol. The van der Waals surface area contributed by atoms with Crippen molar-refractivity contribution in [3.8, 4) is 11.5 Å². The van der Waals surface area contributed by atoms with Gasteiger partial charge in [0.25, 0.3) is 0 Å². The average Bonchev–Trinajstić information content (AvgIpc) is 2.64. The molecule has 26 heavy (non-hydrogen) atoms. The Labute approximate surface area is 152 Å². The molecule has 3 N–H and O–H groups in total. The highest BCUT2D eigenvalue weighted by molar-refractivity contribution is 6.11. The number of phenolic OH excluding ortho intramolecular Hbond substituents is 2. The van der Waals surface area contributed by atoms with Gasteiger partial charge in [0.2, 0.25) is 0 Å². The highest BCUT2D eigenvalue weighted by Crippen LogP contribution is 2.38. The molecule has 2 rings (SSSR count). The summed E-state index contributed by atoms with van der Waals surface area (Å²) in [6.07, 6.45) is 3.37. The van der Waals surface area contributed by atoms with Crippen LogP contribution in [0.2, 0.25) is 0 Å². The zero-order valence-electron chi connectivity index (χ0n) is 15.0. The van der Waals surface area contributed by atoms with Crippen LogP contribution in [0, 0.1) is 0 Å². The minimum absolute atomic E-state index is 0.0483. The molecule has 138 valence electrons. The maximum Gasteiger partial charge on any atom is 0.311 e. The third kappa shape index (κ3) is 4.04. The molecule has 0 saturated heterocycles. The largest absolute Gasteiger partial charge is 0.504 e. The SMILES string of the molecule is CCCCc1ccc(C(=O)c2ccc(C(CC)C(=O)O)c(O)c2O)cc1. The van der Waals surface area contributed by atoms with Crippen LogP contribution < -0.4 is 0 Å². The first-order valence-electron chi connectivity index (χ1n) is 8.81. The molecule has 0 spiro atoms. The smallest absolute Gasteiger partial charge is 0.311 e. The van der Waals surface area contributed by atoms with Crippen LogP contribution in [0.5, 0.6) is 11.5 Å². The molecule has 1 unspecified atom stereocenters. The van der Waals surface area contributed by atoms with Crippen molar-refractivity contribution in [3.63, 3.8) is 0 Å². The first-order chi connectivity index (χ1) is 12.4. The molecule has 0 radical (unpaired) electrons. The lowest BCUT2D eigenvalue weighted by molar-refractivity contribution is -0.138. The second kappa shape index (κ2) is 8.52. The van der Waals surface area contributed by atoms with E-state index in [2.05, 4.69) is 6.92 Å². The highest BCUT2D eigenvalue weighted by Gasteiger charge is 2.25. The summed E-state index contributed by atoms with van der Waals surface area (Å²) in [6.45, 7) is 3.79. The van der Waals surface area contributed by atoms with Gasteiger partial charge in [0.1, 0.15) is 0 Å². The summed E-state index contributed by atoms with van der Waals surface area (Å²) in [5.74, 6) is -3.59. The number of carbonyl (C=O) groups is 2. The number of carboxylic acids is 1. The van der Waals surface area contributed by atoms with Crippen LogP contribution in [0.1, 0.15) is 66.1 Å². The molecule has 0 aliphatic heterocycles. The van der Waals surface area contributed by atoms with Gasteiger partial charge in [-0.2, -0.15) is 0 Å². The Hall–Kier alpha value is -2.82. The van der Waals surface area contributed by atoms with E-state index in [4.69, 9.17) is 0 Å². The number of hydrogen-bond acceptors (Lipinski definition) is 4. The fourth-order valence-corrected chi connectivity index (χ4v) is 2.95. The van der Waals surface area contributed by atoms with Crippen LogP contribution in [0.4, 0.5) is 0 Å². The van der Waals surface area contributed by atoms with Crippen LogP contribution in [0.3, 0.4) is 0 Å². The number of aryl methyl sites for hydroxylation is 1. The van der Waals surface area contributed by atoms with Gasteiger partial charge in [-0.1, -0.05) is 50.6 Å². The van der Waals surface area contributed by atoms with E-state index in [1.165, 1.54) is 12.1 Å². The number of carboxylic acid groups (broad SMARTS) is 1. The number of unbranched alkanes of at least 4 members (excludes halogenated alkanes) is 1. The molecule has 0 fully saturated rings. The van der Waals surface area contributed by atoms with Crippen molar-refractivity contribution in [2.24, 2.45) is 0 Å². The topological polar surface area (TPSA) is 94.8 Å². The molecule has 0 saturated carbocycles. The lowest BCUT2D eigenvalue weighted by Crippen LogP contribution is -2.11. The summed E-state index contributed by atoms with van der Waals surface area (Å²) in [5.41, 5.74) is 1.59. The van der Waals surface area contributed by atoms with Crippen molar-refractivity contribution in [2.45, 2.75) is 45.4 Å². The molecule has 2 aromatic rings. The molecule has 0 amide bonds. The Kier molecular flexibility index (Phi) is 6.39. The van der Waals surface area contributed by atoms with Gasteiger partial charge in [-0.05, 0) is 30.9 Å². The van der Waals surface area contributed by atoms with Crippen molar-refractivity contribution >= 4 is 11.8 Å². The molecule has 1 atom stereocenters. The number of phenols is 2.